The number of nitrogens with zero attached hydrogens (tertiary/aromatic N) is 2. The molecule has 0 unspecified atom stereocenters. The van der Waals surface area contributed by atoms with Crippen LogP contribution in [0.5, 0.6) is 23.0 Å². The van der Waals surface area contributed by atoms with E-state index in [0.717, 1.165) is 11.4 Å². The van der Waals surface area contributed by atoms with Crippen LogP contribution in [0.15, 0.2) is 54.6 Å². The number of morpholine rings is 1. The van der Waals surface area contributed by atoms with Crippen LogP contribution in [0.25, 0.3) is 0 Å². The van der Waals surface area contributed by atoms with Crippen molar-refractivity contribution in [3.63, 3.8) is 0 Å². The molecule has 9 rings (SSSR count). The molecule has 5 aliphatic rings. The van der Waals surface area contributed by atoms with E-state index in [1.165, 1.54) is 32.4 Å². The molecule has 3 aromatic carbocycles. The highest BCUT2D eigenvalue weighted by Gasteiger charge is 2.55. The van der Waals surface area contributed by atoms with E-state index in [1.807, 2.05) is 19.1 Å². The van der Waals surface area contributed by atoms with E-state index in [0.29, 0.717) is 60.6 Å². The van der Waals surface area contributed by atoms with E-state index in [9.17, 15) is 39.3 Å². The summed E-state index contributed by atoms with van der Waals surface area (Å²) in [4.78, 5) is 79.6. The maximum atomic E-state index is 14.3. The van der Waals surface area contributed by atoms with Crippen LogP contribution in [-0.2, 0) is 76.1 Å². The first-order valence-corrected chi connectivity index (χ1v) is 27.8. The minimum atomic E-state index is -2.39. The molecule has 3 amide bonds. The number of aromatic hydroxyl groups is 2. The van der Waals surface area contributed by atoms with Gasteiger partial charge in [-0.1, -0.05) is 56.1 Å². The quantitative estimate of drug-likeness (QED) is 0.0232. The normalized spacial score (nSPS) is 24.1. The highest BCUT2D eigenvalue weighted by molar-refractivity contribution is 9.08. The van der Waals surface area contributed by atoms with Gasteiger partial charge < -0.3 is 68.6 Å². The number of ether oxygens (including phenoxy) is 9. The molecule has 3 fully saturated rings. The van der Waals surface area contributed by atoms with Gasteiger partial charge in [0, 0.05) is 90.6 Å². The Balaban J connectivity index is 0.777. The molecule has 0 bridgehead atoms. The number of phenols is 2. The number of amides is 3. The van der Waals surface area contributed by atoms with E-state index in [4.69, 9.17) is 47.5 Å². The van der Waals surface area contributed by atoms with Gasteiger partial charge in [0.15, 0.2) is 30.2 Å². The lowest BCUT2D eigenvalue weighted by Gasteiger charge is -2.43. The average molecular weight is 1230 g/mol. The number of methoxy groups -OCH3 is 2. The molecule has 6 N–H and O–H groups in total. The Morgan fingerprint density at radius 1 is 0.886 bits per heavy atom. The fourth-order valence-electron chi connectivity index (χ4n) is 10.5. The van der Waals surface area contributed by atoms with Crippen molar-refractivity contribution in [2.45, 2.75) is 98.6 Å². The highest BCUT2D eigenvalue weighted by Crippen LogP contribution is 2.53. The van der Waals surface area contributed by atoms with Gasteiger partial charge in [-0.15, -0.1) is 0 Å². The third kappa shape index (κ3) is 12.8. The molecular formula is C54H61Br2N5O18. The number of hydrogen-bond acceptors (Lipinski definition) is 20. The first-order valence-electron chi connectivity index (χ1n) is 25.6. The number of hydroxylamine groups is 1. The number of halogens is 2. The summed E-state index contributed by atoms with van der Waals surface area (Å²) in [5, 5.41) is 42.9. The third-order valence-electron chi connectivity index (χ3n) is 14.2. The number of carbonyl (C=O) groups is 5. The molecule has 1 aromatic heterocycles. The van der Waals surface area contributed by atoms with E-state index in [1.54, 1.807) is 24.3 Å². The third-order valence-corrected chi connectivity index (χ3v) is 15.4. The van der Waals surface area contributed by atoms with Crippen LogP contribution in [0.3, 0.4) is 0 Å². The minimum absolute atomic E-state index is 0.0371. The van der Waals surface area contributed by atoms with E-state index in [2.05, 4.69) is 57.9 Å². The zero-order valence-electron chi connectivity index (χ0n) is 43.5. The molecule has 0 spiro atoms. The van der Waals surface area contributed by atoms with Crippen molar-refractivity contribution in [3.8, 4) is 23.0 Å². The van der Waals surface area contributed by atoms with Crippen molar-refractivity contribution in [1.29, 1.82) is 0 Å². The number of hydrogen-bond donors (Lipinski definition) is 6. The summed E-state index contributed by atoms with van der Waals surface area (Å²) < 4.78 is 52.8. The first kappa shape index (κ1) is 58.0. The highest BCUT2D eigenvalue weighted by atomic mass is 79.9. The minimum Gasteiger partial charge on any atom is -0.507 e. The Hall–Kier alpha value is -5.68. The molecule has 424 valence electrons. The predicted molar refractivity (Wildman–Crippen MR) is 284 cm³/mol. The Kier molecular flexibility index (Phi) is 19.0. The van der Waals surface area contributed by atoms with Crippen LogP contribution in [0.2, 0.25) is 0 Å². The second-order valence-corrected chi connectivity index (χ2v) is 20.4. The second-order valence-electron chi connectivity index (χ2n) is 19.3. The van der Waals surface area contributed by atoms with Crippen LogP contribution in [0.1, 0.15) is 92.2 Å². The van der Waals surface area contributed by atoms with Gasteiger partial charge in [0.1, 0.15) is 35.7 Å². The smallest absolute Gasteiger partial charge is 0.275 e. The van der Waals surface area contributed by atoms with Crippen LogP contribution in [0.4, 0.5) is 5.69 Å². The van der Waals surface area contributed by atoms with Crippen LogP contribution < -0.4 is 25.6 Å². The number of alkyl halides is 2. The number of nitrogens with one attached hydrogen (secondary N) is 3. The number of anilines is 1. The molecule has 0 radical (unpaired) electrons. The van der Waals surface area contributed by atoms with Gasteiger partial charge >= 0.3 is 0 Å². The predicted octanol–water partition coefficient (Wildman–Crippen LogP) is 4.14. The second kappa shape index (κ2) is 25.8. The van der Waals surface area contributed by atoms with Gasteiger partial charge in [-0.05, 0) is 30.7 Å². The van der Waals surface area contributed by atoms with E-state index >= 15 is 0 Å². The van der Waals surface area contributed by atoms with E-state index in [-0.39, 0.29) is 79.2 Å². The fourth-order valence-corrected chi connectivity index (χ4v) is 11.1. The van der Waals surface area contributed by atoms with Crippen molar-refractivity contribution >= 4 is 66.8 Å². The van der Waals surface area contributed by atoms with Crippen molar-refractivity contribution < 1.29 is 86.8 Å². The standard InChI is InChI=1S/C54H61Br2N5O18/c1-28-50-36(61-12-14-75-52(71-3)51(61)79-50)21-41(77-28)78-38-23-54(69,22-35-43(38)49(67)45-44(47(35)65)46(64)34-5-4-6-37(70-2)42(34)48(45)66)53(68)60-76-27-29-7-9-30(10-8-29)59-40(63)26-57-39(62)11-13-72-15-16-73-17-18-74-33-19-31(24-55)58-32(20-33)25-56/h4-10,19-20,28,36,38,41,50-52,65,67,69H,11-18,21-27H2,1-3H3,(H,57,62)(H,59,63)(H,60,68)/t28-,36-,38-,41-,50+,51+,52-,54-/m0/s1. The summed E-state index contributed by atoms with van der Waals surface area (Å²) in [6, 6.07) is 14.3. The molecule has 3 saturated heterocycles. The monoisotopic (exact) mass is 1230 g/mol. The molecule has 25 heteroatoms. The number of benzene rings is 3. The largest absolute Gasteiger partial charge is 0.507 e. The molecule has 4 aromatic rings. The fraction of sp³-hybridized carbons (Fsp3) is 0.481. The maximum Gasteiger partial charge on any atom is 0.275 e. The summed E-state index contributed by atoms with van der Waals surface area (Å²) in [5.41, 5.74) is 1.15. The van der Waals surface area contributed by atoms with Gasteiger partial charge in [0.2, 0.25) is 17.6 Å². The molecule has 2 aliphatic carbocycles. The van der Waals surface area contributed by atoms with Crippen LogP contribution >= 0.6 is 31.9 Å². The lowest BCUT2D eigenvalue weighted by molar-refractivity contribution is -0.256. The Labute approximate surface area is 471 Å². The van der Waals surface area contributed by atoms with Gasteiger partial charge in [-0.2, -0.15) is 0 Å². The number of carbonyl (C=O) groups excluding carboxylic acids is 5. The lowest BCUT2D eigenvalue weighted by Crippen LogP contribution is -2.55. The van der Waals surface area contributed by atoms with Gasteiger partial charge in [0.25, 0.3) is 5.91 Å². The van der Waals surface area contributed by atoms with Crippen molar-refractivity contribution in [3.05, 3.63) is 105 Å². The Morgan fingerprint density at radius 3 is 2.33 bits per heavy atom. The summed E-state index contributed by atoms with van der Waals surface area (Å²) >= 11 is 6.82. The SMILES string of the molecule is COc1cccc2c1C(=O)c1c(O)c3c(c(O)c1C2=O)C[C@@](O)(C(=O)NOCc1ccc(NC(=O)CNC(=O)CCOCCOCCOc2cc(CBr)nc(CBr)c2)cc1)C[C@@H]3O[C@H]1C[C@H]2[C@H](O[C@@H]3[C@@H](OC)OCCN32)[C@H](C)O1. The average Bonchev–Trinajstić information content (AvgIpc) is 3.50. The number of fused-ring (bicyclic) bond motifs is 6. The van der Waals surface area contributed by atoms with Crippen molar-refractivity contribution in [2.24, 2.45) is 0 Å². The number of aliphatic hydroxyl groups is 1. The van der Waals surface area contributed by atoms with Crippen LogP contribution in [-0.4, -0.2) is 164 Å². The molecule has 3 aliphatic heterocycles. The van der Waals surface area contributed by atoms with Gasteiger partial charge in [-0.3, -0.25) is 38.7 Å². The molecule has 0 saturated carbocycles. The molecule has 4 heterocycles. The maximum absolute atomic E-state index is 14.3. The Morgan fingerprint density at radius 2 is 1.61 bits per heavy atom. The zero-order valence-corrected chi connectivity index (χ0v) is 46.6. The lowest BCUT2D eigenvalue weighted by atomic mass is 9.72. The van der Waals surface area contributed by atoms with Crippen LogP contribution in [0, 0.1) is 0 Å². The van der Waals surface area contributed by atoms with Crippen molar-refractivity contribution in [2.75, 3.05) is 72.3 Å². The molecule has 8 atom stereocenters. The topological polar surface area (TPSA) is 291 Å². The first-order chi connectivity index (χ1) is 38.1. The van der Waals surface area contributed by atoms with Crippen molar-refractivity contribution in [1.82, 2.24) is 20.7 Å². The molecule has 23 nitrogen and oxygen atoms in total. The summed E-state index contributed by atoms with van der Waals surface area (Å²) in [6.45, 7) is 3.66. The van der Waals surface area contributed by atoms with Gasteiger partial charge in [0.05, 0.1) is 93.6 Å². The number of rotatable bonds is 23. The summed E-state index contributed by atoms with van der Waals surface area (Å²) in [5.74, 6) is -4.05. The zero-order chi connectivity index (χ0) is 56.0. The number of aromatic nitrogens is 1. The van der Waals surface area contributed by atoms with Gasteiger partial charge in [-0.25, -0.2) is 5.48 Å². The number of ketones is 2. The molecular weight excluding hydrogens is 1170 g/mol. The number of phenolic OH excluding ortho intramolecular Hbond substituents is 2. The Bertz CT molecular complexity index is 2890. The summed E-state index contributed by atoms with van der Waals surface area (Å²) in [7, 11) is 2.86. The molecule has 79 heavy (non-hydrogen) atoms. The number of pyridine rings is 1. The van der Waals surface area contributed by atoms with E-state index < -0.39 is 102 Å². The summed E-state index contributed by atoms with van der Waals surface area (Å²) in [6.07, 6.45) is -5.40.